The van der Waals surface area contributed by atoms with Crippen LogP contribution < -0.4 is 5.32 Å². The third kappa shape index (κ3) is 6.08. The minimum absolute atomic E-state index is 0.0263. The number of nitrogens with zero attached hydrogens (tertiary/aromatic N) is 4. The van der Waals surface area contributed by atoms with Crippen molar-refractivity contribution >= 4 is 40.9 Å². The number of aryl methyl sites for hydroxylation is 1. The van der Waals surface area contributed by atoms with Gasteiger partial charge in [0.15, 0.2) is 11.0 Å². The van der Waals surface area contributed by atoms with E-state index in [1.807, 2.05) is 60.9 Å². The highest BCUT2D eigenvalue weighted by atomic mass is 35.5. The molecule has 2 aromatic carbocycles. The molecule has 0 aliphatic heterocycles. The first kappa shape index (κ1) is 22.8. The molecule has 0 bridgehead atoms. The Morgan fingerprint density at radius 3 is 2.58 bits per heavy atom. The van der Waals surface area contributed by atoms with E-state index in [0.717, 1.165) is 11.1 Å². The smallest absolute Gasteiger partial charge is 0.243 e. The molecule has 0 fully saturated rings. The second-order valence-electron chi connectivity index (χ2n) is 7.01. The van der Waals surface area contributed by atoms with Gasteiger partial charge in [-0.3, -0.25) is 9.59 Å². The van der Waals surface area contributed by atoms with Crippen molar-refractivity contribution in [1.29, 1.82) is 0 Å². The molecule has 1 aromatic heterocycles. The van der Waals surface area contributed by atoms with Crippen molar-refractivity contribution in [2.45, 2.75) is 25.5 Å². The third-order valence-electron chi connectivity index (χ3n) is 4.58. The molecule has 3 rings (SSSR count). The Hall–Kier alpha value is -2.84. The number of anilines is 1. The van der Waals surface area contributed by atoms with Gasteiger partial charge in [0.1, 0.15) is 0 Å². The zero-order chi connectivity index (χ0) is 22.4. The van der Waals surface area contributed by atoms with Crippen molar-refractivity contribution in [3.63, 3.8) is 0 Å². The lowest BCUT2D eigenvalue weighted by Gasteiger charge is -2.16. The van der Waals surface area contributed by atoms with Crippen LogP contribution in [-0.2, 0) is 16.1 Å². The van der Waals surface area contributed by atoms with Crippen LogP contribution in [0.15, 0.2) is 53.7 Å². The third-order valence-corrected chi connectivity index (χ3v) is 5.77. The van der Waals surface area contributed by atoms with Gasteiger partial charge >= 0.3 is 0 Å². The number of thioether (sulfide) groups is 1. The van der Waals surface area contributed by atoms with E-state index in [0.29, 0.717) is 28.2 Å². The summed E-state index contributed by atoms with van der Waals surface area (Å²) >= 11 is 7.38. The Labute approximate surface area is 190 Å². The van der Waals surface area contributed by atoms with E-state index in [-0.39, 0.29) is 24.1 Å². The summed E-state index contributed by atoms with van der Waals surface area (Å²) in [5.41, 5.74) is 2.68. The van der Waals surface area contributed by atoms with Gasteiger partial charge < -0.3 is 14.8 Å². The van der Waals surface area contributed by atoms with Crippen molar-refractivity contribution in [1.82, 2.24) is 19.7 Å². The number of nitrogens with one attached hydrogen (secondary N) is 1. The number of likely N-dealkylation sites (N-methyl/N-ethyl adjacent to an activating group) is 1. The van der Waals surface area contributed by atoms with Gasteiger partial charge in [-0.2, -0.15) is 0 Å². The van der Waals surface area contributed by atoms with Gasteiger partial charge in [0.2, 0.25) is 11.8 Å². The monoisotopic (exact) mass is 457 g/mol. The van der Waals surface area contributed by atoms with E-state index in [4.69, 9.17) is 11.6 Å². The minimum atomic E-state index is -0.246. The van der Waals surface area contributed by atoms with Gasteiger partial charge in [-0.25, -0.2) is 0 Å². The standard InChI is InChI=1S/C22H24ClN5O2S/c1-4-28-21(16-6-5-7-17(23)12-16)25-26-22(28)31-14-20(30)27(3)13-19(29)24-18-10-8-15(2)9-11-18/h5-12H,4,13-14H2,1-3H3,(H,24,29). The summed E-state index contributed by atoms with van der Waals surface area (Å²) in [6.07, 6.45) is 0. The number of benzene rings is 2. The van der Waals surface area contributed by atoms with Gasteiger partial charge in [0.25, 0.3) is 0 Å². The van der Waals surface area contributed by atoms with Crippen LogP contribution in [0.3, 0.4) is 0 Å². The second kappa shape index (κ2) is 10.5. The molecule has 0 saturated carbocycles. The van der Waals surface area contributed by atoms with Gasteiger partial charge in [0.05, 0.1) is 12.3 Å². The molecule has 162 valence electrons. The molecule has 0 aliphatic rings. The Bertz CT molecular complexity index is 1070. The molecule has 1 heterocycles. The van der Waals surface area contributed by atoms with Crippen molar-refractivity contribution in [2.75, 3.05) is 24.7 Å². The number of rotatable bonds is 8. The van der Waals surface area contributed by atoms with Gasteiger partial charge in [-0.15, -0.1) is 10.2 Å². The van der Waals surface area contributed by atoms with E-state index >= 15 is 0 Å². The van der Waals surface area contributed by atoms with Gasteiger partial charge in [-0.05, 0) is 38.1 Å². The van der Waals surface area contributed by atoms with Gasteiger partial charge in [0, 0.05) is 29.9 Å². The molecular weight excluding hydrogens is 434 g/mol. The average molecular weight is 458 g/mol. The molecule has 0 unspecified atom stereocenters. The molecule has 1 N–H and O–H groups in total. The number of halogens is 1. The second-order valence-corrected chi connectivity index (χ2v) is 8.39. The highest BCUT2D eigenvalue weighted by Crippen LogP contribution is 2.26. The maximum Gasteiger partial charge on any atom is 0.243 e. The Morgan fingerprint density at radius 2 is 1.90 bits per heavy atom. The summed E-state index contributed by atoms with van der Waals surface area (Å²) in [5, 5.41) is 12.6. The van der Waals surface area contributed by atoms with Crippen LogP contribution in [0.1, 0.15) is 12.5 Å². The topological polar surface area (TPSA) is 80.1 Å². The number of aromatic nitrogens is 3. The van der Waals surface area contributed by atoms with Crippen LogP contribution >= 0.6 is 23.4 Å². The summed E-state index contributed by atoms with van der Waals surface area (Å²) in [4.78, 5) is 26.1. The number of amides is 2. The fourth-order valence-corrected chi connectivity index (χ4v) is 4.03. The largest absolute Gasteiger partial charge is 0.336 e. The van der Waals surface area contributed by atoms with E-state index < -0.39 is 0 Å². The predicted molar refractivity (Wildman–Crippen MR) is 124 cm³/mol. The highest BCUT2D eigenvalue weighted by Gasteiger charge is 2.18. The number of carbonyl (C=O) groups is 2. The quantitative estimate of drug-likeness (QED) is 0.515. The van der Waals surface area contributed by atoms with Crippen molar-refractivity contribution in [3.8, 4) is 11.4 Å². The van der Waals surface area contributed by atoms with Crippen molar-refractivity contribution < 1.29 is 9.59 Å². The number of hydrogen-bond acceptors (Lipinski definition) is 5. The molecule has 31 heavy (non-hydrogen) atoms. The maximum atomic E-state index is 12.5. The number of carbonyl (C=O) groups excluding carboxylic acids is 2. The summed E-state index contributed by atoms with van der Waals surface area (Å²) in [5.74, 6) is 0.441. The Morgan fingerprint density at radius 1 is 1.16 bits per heavy atom. The van der Waals surface area contributed by atoms with Gasteiger partial charge in [-0.1, -0.05) is 53.2 Å². The molecule has 7 nitrogen and oxygen atoms in total. The first-order chi connectivity index (χ1) is 14.9. The van der Waals surface area contributed by atoms with Crippen LogP contribution in [0.2, 0.25) is 5.02 Å². The van der Waals surface area contributed by atoms with Crippen LogP contribution in [0.5, 0.6) is 0 Å². The first-order valence-corrected chi connectivity index (χ1v) is 11.2. The normalized spacial score (nSPS) is 10.7. The van der Waals surface area contributed by atoms with E-state index in [2.05, 4.69) is 15.5 Å². The van der Waals surface area contributed by atoms with Crippen LogP contribution in [0, 0.1) is 6.92 Å². The fraction of sp³-hybridized carbons (Fsp3) is 0.273. The lowest BCUT2D eigenvalue weighted by atomic mass is 10.2. The van der Waals surface area contributed by atoms with E-state index in [9.17, 15) is 9.59 Å². The summed E-state index contributed by atoms with van der Waals surface area (Å²) in [6.45, 7) is 4.60. The summed E-state index contributed by atoms with van der Waals surface area (Å²) in [6, 6.07) is 14.9. The molecule has 3 aromatic rings. The highest BCUT2D eigenvalue weighted by molar-refractivity contribution is 7.99. The molecule has 0 radical (unpaired) electrons. The SMILES string of the molecule is CCn1c(SCC(=O)N(C)CC(=O)Nc2ccc(C)cc2)nnc1-c1cccc(Cl)c1. The molecule has 0 saturated heterocycles. The molecule has 9 heteroatoms. The summed E-state index contributed by atoms with van der Waals surface area (Å²) < 4.78 is 1.94. The average Bonchev–Trinajstić information content (AvgIpc) is 3.16. The molecule has 0 spiro atoms. The molecule has 2 amide bonds. The zero-order valence-electron chi connectivity index (χ0n) is 17.6. The predicted octanol–water partition coefficient (Wildman–Crippen LogP) is 4.12. The van der Waals surface area contributed by atoms with Crippen LogP contribution in [0.4, 0.5) is 5.69 Å². The Balaban J connectivity index is 1.57. The molecule has 0 atom stereocenters. The number of hydrogen-bond donors (Lipinski definition) is 1. The lowest BCUT2D eigenvalue weighted by molar-refractivity contribution is -0.131. The van der Waals surface area contributed by atoms with E-state index in [1.54, 1.807) is 13.1 Å². The first-order valence-electron chi connectivity index (χ1n) is 9.79. The summed E-state index contributed by atoms with van der Waals surface area (Å²) in [7, 11) is 1.61. The molecular formula is C22H24ClN5O2S. The van der Waals surface area contributed by atoms with E-state index in [1.165, 1.54) is 16.7 Å². The van der Waals surface area contributed by atoms with Crippen molar-refractivity contribution in [2.24, 2.45) is 0 Å². The fourth-order valence-electron chi connectivity index (χ4n) is 2.90. The molecule has 0 aliphatic carbocycles. The minimum Gasteiger partial charge on any atom is -0.336 e. The zero-order valence-corrected chi connectivity index (χ0v) is 19.2. The lowest BCUT2D eigenvalue weighted by Crippen LogP contribution is -2.36. The maximum absolute atomic E-state index is 12.5. The van der Waals surface area contributed by atoms with Crippen LogP contribution in [-0.4, -0.2) is 50.8 Å². The van der Waals surface area contributed by atoms with Crippen molar-refractivity contribution in [3.05, 3.63) is 59.1 Å². The Kier molecular flexibility index (Phi) is 7.70. The van der Waals surface area contributed by atoms with Crippen LogP contribution in [0.25, 0.3) is 11.4 Å².